The summed E-state index contributed by atoms with van der Waals surface area (Å²) in [5.41, 5.74) is 9.75. The Hall–Kier alpha value is -3.13. The first-order chi connectivity index (χ1) is 12.1. The van der Waals surface area contributed by atoms with Crippen molar-refractivity contribution in [2.24, 2.45) is 0 Å². The van der Waals surface area contributed by atoms with Crippen molar-refractivity contribution >= 4 is 16.5 Å². The summed E-state index contributed by atoms with van der Waals surface area (Å²) in [6.45, 7) is 1.90. The molecule has 25 heavy (non-hydrogen) atoms. The van der Waals surface area contributed by atoms with Crippen molar-refractivity contribution in [2.45, 2.75) is 6.92 Å². The highest BCUT2D eigenvalue weighted by Gasteiger charge is 2.20. The molecule has 0 saturated carbocycles. The second kappa shape index (κ2) is 6.06. The van der Waals surface area contributed by atoms with Gasteiger partial charge in [0.1, 0.15) is 10.7 Å². The lowest BCUT2D eigenvalue weighted by molar-refractivity contribution is 0.628. The van der Waals surface area contributed by atoms with Gasteiger partial charge in [-0.15, -0.1) is 0 Å². The number of aromatic amines is 1. The van der Waals surface area contributed by atoms with Crippen molar-refractivity contribution in [1.82, 2.24) is 25.1 Å². The molecule has 3 heterocycles. The number of thiazole rings is 1. The number of nitrogens with two attached hydrogens (primary N) is 1. The molecule has 1 aromatic carbocycles. The van der Waals surface area contributed by atoms with Crippen LogP contribution in [0.3, 0.4) is 0 Å². The minimum atomic E-state index is -0.295. The number of H-pyrrole nitrogens is 1. The Balaban J connectivity index is 1.87. The third kappa shape index (κ3) is 2.87. The maximum atomic E-state index is 13.2. The average molecular weight is 352 g/mol. The van der Waals surface area contributed by atoms with Gasteiger partial charge in [0.25, 0.3) is 0 Å². The highest BCUT2D eigenvalue weighted by atomic mass is 32.1. The van der Waals surface area contributed by atoms with Crippen LogP contribution in [-0.2, 0) is 0 Å². The summed E-state index contributed by atoms with van der Waals surface area (Å²) >= 11 is 1.32. The van der Waals surface area contributed by atoms with Crippen LogP contribution in [0.4, 0.5) is 9.52 Å². The number of aryl methyl sites for hydroxylation is 1. The van der Waals surface area contributed by atoms with E-state index in [0.717, 1.165) is 27.4 Å². The van der Waals surface area contributed by atoms with Crippen LogP contribution in [0.5, 0.6) is 0 Å². The van der Waals surface area contributed by atoms with Gasteiger partial charge < -0.3 is 5.73 Å². The first-order valence-corrected chi connectivity index (χ1v) is 8.29. The van der Waals surface area contributed by atoms with Crippen LogP contribution in [0.15, 0.2) is 42.7 Å². The summed E-state index contributed by atoms with van der Waals surface area (Å²) in [5, 5.41) is 7.49. The molecule has 0 atom stereocenters. The van der Waals surface area contributed by atoms with Crippen LogP contribution in [0.25, 0.3) is 33.2 Å². The van der Waals surface area contributed by atoms with Gasteiger partial charge in [-0.2, -0.15) is 5.10 Å². The van der Waals surface area contributed by atoms with Gasteiger partial charge in [-0.25, -0.2) is 19.3 Å². The molecule has 4 aromatic rings. The Labute approximate surface area is 146 Å². The summed E-state index contributed by atoms with van der Waals surface area (Å²) in [7, 11) is 0. The van der Waals surface area contributed by atoms with Gasteiger partial charge >= 0.3 is 0 Å². The van der Waals surface area contributed by atoms with E-state index in [-0.39, 0.29) is 5.82 Å². The molecule has 0 aliphatic rings. The minimum Gasteiger partial charge on any atom is -0.375 e. The monoisotopic (exact) mass is 352 g/mol. The molecule has 0 bridgehead atoms. The van der Waals surface area contributed by atoms with Gasteiger partial charge in [0.15, 0.2) is 11.0 Å². The summed E-state index contributed by atoms with van der Waals surface area (Å²) in [4.78, 5) is 14.0. The molecule has 8 heteroatoms. The fraction of sp³-hybridized carbons (Fsp3) is 0.0588. The Kier molecular flexibility index (Phi) is 3.73. The maximum Gasteiger partial charge on any atom is 0.181 e. The van der Waals surface area contributed by atoms with Gasteiger partial charge in [-0.3, -0.25) is 5.10 Å². The topological polar surface area (TPSA) is 93.4 Å². The number of benzene rings is 1. The fourth-order valence-electron chi connectivity index (χ4n) is 2.53. The molecule has 0 amide bonds. The van der Waals surface area contributed by atoms with E-state index in [4.69, 9.17) is 5.73 Å². The van der Waals surface area contributed by atoms with E-state index in [1.807, 2.05) is 13.0 Å². The lowest BCUT2D eigenvalue weighted by atomic mass is 10.1. The number of rotatable bonds is 3. The summed E-state index contributed by atoms with van der Waals surface area (Å²) < 4.78 is 13.2. The smallest absolute Gasteiger partial charge is 0.181 e. The predicted molar refractivity (Wildman–Crippen MR) is 95.3 cm³/mol. The SMILES string of the molecule is Cc1ccnc(-c2sc(N)nc2-c2cn[nH]c2-c2ccc(F)cc2)n1. The van der Waals surface area contributed by atoms with E-state index < -0.39 is 0 Å². The molecule has 0 saturated heterocycles. The molecule has 0 aliphatic heterocycles. The zero-order valence-electron chi connectivity index (χ0n) is 13.2. The fourth-order valence-corrected chi connectivity index (χ4v) is 3.32. The summed E-state index contributed by atoms with van der Waals surface area (Å²) in [5.74, 6) is 0.270. The lowest BCUT2D eigenvalue weighted by Gasteiger charge is -2.04. The predicted octanol–water partition coefficient (Wildman–Crippen LogP) is 3.69. The lowest BCUT2D eigenvalue weighted by Crippen LogP contribution is -1.91. The molecule has 0 aliphatic carbocycles. The van der Waals surface area contributed by atoms with E-state index in [9.17, 15) is 4.39 Å². The molecule has 4 rings (SSSR count). The Morgan fingerprint density at radius 3 is 2.68 bits per heavy atom. The number of aromatic nitrogens is 5. The van der Waals surface area contributed by atoms with Crippen LogP contribution < -0.4 is 5.73 Å². The van der Waals surface area contributed by atoms with Crippen LogP contribution >= 0.6 is 11.3 Å². The van der Waals surface area contributed by atoms with Crippen molar-refractivity contribution in [3.05, 3.63) is 54.2 Å². The molecule has 3 N–H and O–H groups in total. The second-order valence-electron chi connectivity index (χ2n) is 5.42. The van der Waals surface area contributed by atoms with E-state index in [1.165, 1.54) is 23.5 Å². The van der Waals surface area contributed by atoms with Crippen molar-refractivity contribution in [2.75, 3.05) is 5.73 Å². The molecule has 0 unspecified atom stereocenters. The number of hydrogen-bond acceptors (Lipinski definition) is 6. The zero-order chi connectivity index (χ0) is 17.4. The number of hydrogen-bond donors (Lipinski definition) is 2. The van der Waals surface area contributed by atoms with E-state index >= 15 is 0 Å². The highest BCUT2D eigenvalue weighted by Crippen LogP contribution is 2.39. The molecule has 124 valence electrons. The molecule has 3 aromatic heterocycles. The van der Waals surface area contributed by atoms with Crippen molar-refractivity contribution in [3.8, 4) is 33.2 Å². The summed E-state index contributed by atoms with van der Waals surface area (Å²) in [6.07, 6.45) is 3.38. The molecule has 0 fully saturated rings. The highest BCUT2D eigenvalue weighted by molar-refractivity contribution is 7.19. The van der Waals surface area contributed by atoms with Crippen molar-refractivity contribution in [1.29, 1.82) is 0 Å². The standard InChI is InChI=1S/C17H13FN6S/c1-9-6-7-20-16(22-9)15-14(23-17(19)25-15)12-8-21-24-13(12)10-2-4-11(18)5-3-10/h2-8H,1H3,(H2,19,23)(H,21,24). The number of halogens is 1. The third-order valence-electron chi connectivity index (χ3n) is 3.67. The largest absolute Gasteiger partial charge is 0.375 e. The van der Waals surface area contributed by atoms with Crippen molar-refractivity contribution < 1.29 is 4.39 Å². The van der Waals surface area contributed by atoms with E-state index in [2.05, 4.69) is 25.1 Å². The molecule has 0 radical (unpaired) electrons. The van der Waals surface area contributed by atoms with E-state index in [0.29, 0.717) is 16.6 Å². The average Bonchev–Trinajstić information content (AvgIpc) is 3.22. The zero-order valence-corrected chi connectivity index (χ0v) is 14.0. The first kappa shape index (κ1) is 15.4. The van der Waals surface area contributed by atoms with Crippen LogP contribution in [0, 0.1) is 12.7 Å². The van der Waals surface area contributed by atoms with Gasteiger partial charge in [-0.05, 0) is 37.3 Å². The van der Waals surface area contributed by atoms with E-state index in [1.54, 1.807) is 24.5 Å². The minimum absolute atomic E-state index is 0.295. The first-order valence-electron chi connectivity index (χ1n) is 7.48. The molecular weight excluding hydrogens is 339 g/mol. The quantitative estimate of drug-likeness (QED) is 0.586. The number of nitrogen functional groups attached to an aromatic ring is 1. The van der Waals surface area contributed by atoms with Gasteiger partial charge in [0.05, 0.1) is 17.6 Å². The number of nitrogens with one attached hydrogen (secondary N) is 1. The Morgan fingerprint density at radius 2 is 1.92 bits per heavy atom. The maximum absolute atomic E-state index is 13.2. The third-order valence-corrected chi connectivity index (χ3v) is 4.55. The van der Waals surface area contributed by atoms with Crippen molar-refractivity contribution in [3.63, 3.8) is 0 Å². The van der Waals surface area contributed by atoms with Gasteiger partial charge in [0.2, 0.25) is 0 Å². The molecule has 0 spiro atoms. The van der Waals surface area contributed by atoms with Crippen LogP contribution in [-0.4, -0.2) is 25.1 Å². The molecule has 6 nitrogen and oxygen atoms in total. The Morgan fingerprint density at radius 1 is 1.12 bits per heavy atom. The number of anilines is 1. The second-order valence-corrected chi connectivity index (χ2v) is 6.45. The normalized spacial score (nSPS) is 11.0. The number of nitrogens with zero attached hydrogens (tertiary/aromatic N) is 4. The van der Waals surface area contributed by atoms with Crippen LogP contribution in [0.2, 0.25) is 0 Å². The Bertz CT molecular complexity index is 1040. The summed E-state index contributed by atoms with van der Waals surface area (Å²) in [6, 6.07) is 8.01. The van der Waals surface area contributed by atoms with Gasteiger partial charge in [-0.1, -0.05) is 11.3 Å². The van der Waals surface area contributed by atoms with Gasteiger partial charge in [0, 0.05) is 23.0 Å². The van der Waals surface area contributed by atoms with Crippen LogP contribution in [0.1, 0.15) is 5.69 Å². The molecular formula is C17H13FN6S.